The lowest BCUT2D eigenvalue weighted by Crippen LogP contribution is -2.23. The number of anilines is 1. The van der Waals surface area contributed by atoms with Crippen molar-refractivity contribution in [1.29, 1.82) is 0 Å². The average Bonchev–Trinajstić information content (AvgIpc) is 2.66. The second-order valence-corrected chi connectivity index (χ2v) is 6.78. The molecule has 1 aromatic heterocycles. The molecule has 29 heavy (non-hydrogen) atoms. The van der Waals surface area contributed by atoms with Crippen molar-refractivity contribution < 1.29 is 27.8 Å². The smallest absolute Gasteiger partial charge is 0.422 e. The van der Waals surface area contributed by atoms with Crippen LogP contribution in [0.3, 0.4) is 0 Å². The van der Waals surface area contributed by atoms with Crippen molar-refractivity contribution in [1.82, 2.24) is 4.98 Å². The highest BCUT2D eigenvalue weighted by molar-refractivity contribution is 6.30. The van der Waals surface area contributed by atoms with E-state index in [1.807, 2.05) is 0 Å². The third kappa shape index (κ3) is 5.08. The molecule has 0 unspecified atom stereocenters. The van der Waals surface area contributed by atoms with Crippen LogP contribution >= 0.6 is 11.6 Å². The van der Waals surface area contributed by atoms with Crippen LogP contribution in [0.2, 0.25) is 5.02 Å². The molecule has 3 rings (SSSR count). The summed E-state index contributed by atoms with van der Waals surface area (Å²) in [6, 6.07) is 8.19. The van der Waals surface area contributed by atoms with Gasteiger partial charge >= 0.3 is 12.1 Å². The number of nitrogens with zero attached hydrogens (tertiary/aromatic N) is 2. The Labute approximate surface area is 169 Å². The van der Waals surface area contributed by atoms with Crippen molar-refractivity contribution in [2.45, 2.75) is 13.1 Å². The predicted molar refractivity (Wildman–Crippen MR) is 103 cm³/mol. The van der Waals surface area contributed by atoms with Crippen LogP contribution in [0.15, 0.2) is 60.0 Å². The van der Waals surface area contributed by atoms with E-state index in [4.69, 9.17) is 16.3 Å². The molecule has 0 amide bonds. The minimum absolute atomic E-state index is 0.159. The summed E-state index contributed by atoms with van der Waals surface area (Å²) in [7, 11) is 0. The van der Waals surface area contributed by atoms with E-state index in [0.717, 1.165) is 0 Å². The topological polar surface area (TPSA) is 62.7 Å². The molecule has 0 fully saturated rings. The Hall–Kier alpha value is -3.00. The lowest BCUT2D eigenvalue weighted by Gasteiger charge is -2.25. The summed E-state index contributed by atoms with van der Waals surface area (Å²) in [4.78, 5) is 17.0. The van der Waals surface area contributed by atoms with Gasteiger partial charge in [0.05, 0.1) is 17.5 Å². The van der Waals surface area contributed by atoms with E-state index in [9.17, 15) is 23.1 Å². The van der Waals surface area contributed by atoms with Crippen LogP contribution in [-0.4, -0.2) is 35.4 Å². The van der Waals surface area contributed by atoms with Gasteiger partial charge < -0.3 is 14.7 Å². The molecule has 152 valence electrons. The maximum absolute atomic E-state index is 12.6. The quantitative estimate of drug-likeness (QED) is 0.725. The van der Waals surface area contributed by atoms with Crippen molar-refractivity contribution in [3.8, 4) is 17.0 Å². The van der Waals surface area contributed by atoms with Gasteiger partial charge in [0, 0.05) is 23.3 Å². The molecule has 0 aliphatic carbocycles. The standard InChI is InChI=1S/C20H16ClF3N2O3/c1-12-10-26(7-6-16(12)19(27)28)15-8-17(13-2-4-14(21)5-3-13)18(25-9-15)29-11-20(22,23)24/h2-6,8-10H,7,11H2,1H3,(H,27,28). The molecule has 2 heterocycles. The van der Waals surface area contributed by atoms with Crippen LogP contribution in [0.1, 0.15) is 6.92 Å². The molecule has 0 saturated heterocycles. The number of hydrogen-bond donors (Lipinski definition) is 1. The summed E-state index contributed by atoms with van der Waals surface area (Å²) in [5.74, 6) is -1.18. The van der Waals surface area contributed by atoms with E-state index in [1.165, 1.54) is 6.20 Å². The fourth-order valence-corrected chi connectivity index (χ4v) is 2.97. The fraction of sp³-hybridized carbons (Fsp3) is 0.200. The summed E-state index contributed by atoms with van der Waals surface area (Å²) >= 11 is 5.90. The Bertz CT molecular complexity index is 985. The largest absolute Gasteiger partial charge is 0.478 e. The lowest BCUT2D eigenvalue weighted by atomic mass is 10.0. The number of alkyl halides is 3. The van der Waals surface area contributed by atoms with Crippen LogP contribution in [0.25, 0.3) is 11.1 Å². The van der Waals surface area contributed by atoms with Crippen LogP contribution < -0.4 is 9.64 Å². The molecule has 1 aromatic carbocycles. The third-order valence-corrected chi connectivity index (χ3v) is 4.44. The zero-order valence-electron chi connectivity index (χ0n) is 15.2. The van der Waals surface area contributed by atoms with Crippen LogP contribution in [0.4, 0.5) is 18.9 Å². The second kappa shape index (κ2) is 8.16. The van der Waals surface area contributed by atoms with E-state index in [1.54, 1.807) is 54.4 Å². The summed E-state index contributed by atoms with van der Waals surface area (Å²) in [5.41, 5.74) is 2.28. The van der Waals surface area contributed by atoms with Gasteiger partial charge in [-0.2, -0.15) is 13.2 Å². The zero-order chi connectivity index (χ0) is 21.2. The highest BCUT2D eigenvalue weighted by atomic mass is 35.5. The van der Waals surface area contributed by atoms with Gasteiger partial charge in [-0.25, -0.2) is 9.78 Å². The third-order valence-electron chi connectivity index (χ3n) is 4.19. The van der Waals surface area contributed by atoms with E-state index in [2.05, 4.69) is 4.98 Å². The minimum atomic E-state index is -4.50. The number of rotatable bonds is 5. The molecule has 1 N–H and O–H groups in total. The number of hydrogen-bond acceptors (Lipinski definition) is 4. The molecular weight excluding hydrogens is 409 g/mol. The fourth-order valence-electron chi connectivity index (χ4n) is 2.84. The Balaban J connectivity index is 1.97. The Kier molecular flexibility index (Phi) is 5.83. The summed E-state index contributed by atoms with van der Waals surface area (Å²) < 4.78 is 42.7. The maximum Gasteiger partial charge on any atom is 0.422 e. The van der Waals surface area contributed by atoms with Crippen molar-refractivity contribution >= 4 is 23.3 Å². The molecule has 0 bridgehead atoms. The Morgan fingerprint density at radius 1 is 1.31 bits per heavy atom. The molecule has 0 radical (unpaired) electrons. The van der Waals surface area contributed by atoms with Crippen molar-refractivity contribution in [2.75, 3.05) is 18.1 Å². The van der Waals surface area contributed by atoms with Gasteiger partial charge in [-0.1, -0.05) is 23.7 Å². The molecule has 9 heteroatoms. The number of carboxylic acid groups (broad SMARTS) is 1. The van der Waals surface area contributed by atoms with Gasteiger partial charge in [0.2, 0.25) is 5.88 Å². The predicted octanol–water partition coefficient (Wildman–Crippen LogP) is 5.08. The monoisotopic (exact) mass is 424 g/mol. The second-order valence-electron chi connectivity index (χ2n) is 6.34. The molecule has 1 aliphatic rings. The Morgan fingerprint density at radius 2 is 2.00 bits per heavy atom. The zero-order valence-corrected chi connectivity index (χ0v) is 16.0. The number of carboxylic acids is 1. The minimum Gasteiger partial charge on any atom is -0.478 e. The van der Waals surface area contributed by atoms with Crippen LogP contribution in [0, 0.1) is 0 Å². The molecular formula is C20H16ClF3N2O3. The Morgan fingerprint density at radius 3 is 2.59 bits per heavy atom. The highest BCUT2D eigenvalue weighted by Crippen LogP contribution is 2.34. The average molecular weight is 425 g/mol. The first-order valence-corrected chi connectivity index (χ1v) is 8.86. The molecule has 0 saturated carbocycles. The van der Waals surface area contributed by atoms with Gasteiger partial charge in [-0.3, -0.25) is 0 Å². The molecule has 0 spiro atoms. The summed E-state index contributed by atoms with van der Waals surface area (Å²) in [6.07, 6.45) is 0.104. The van der Waals surface area contributed by atoms with E-state index in [0.29, 0.717) is 27.4 Å². The number of carbonyl (C=O) groups is 1. The molecule has 5 nitrogen and oxygen atoms in total. The van der Waals surface area contributed by atoms with Gasteiger partial charge in [-0.05, 0) is 42.3 Å². The van der Waals surface area contributed by atoms with Gasteiger partial charge in [0.1, 0.15) is 0 Å². The summed E-state index contributed by atoms with van der Waals surface area (Å²) in [5, 5.41) is 9.67. The van der Waals surface area contributed by atoms with Crippen molar-refractivity contribution in [3.63, 3.8) is 0 Å². The van der Waals surface area contributed by atoms with Crippen molar-refractivity contribution in [2.24, 2.45) is 0 Å². The number of benzene rings is 1. The normalized spacial score (nSPS) is 14.3. The number of halogens is 4. The SMILES string of the molecule is CC1=CN(c2cnc(OCC(F)(F)F)c(-c3ccc(Cl)cc3)c2)CC=C1C(=O)O. The first-order valence-electron chi connectivity index (χ1n) is 8.48. The first-order chi connectivity index (χ1) is 13.6. The van der Waals surface area contributed by atoms with Crippen molar-refractivity contribution in [3.05, 3.63) is 65.0 Å². The van der Waals surface area contributed by atoms with Crippen LogP contribution in [0.5, 0.6) is 5.88 Å². The number of aromatic nitrogens is 1. The van der Waals surface area contributed by atoms with Crippen LogP contribution in [-0.2, 0) is 4.79 Å². The van der Waals surface area contributed by atoms with E-state index < -0.39 is 18.8 Å². The number of aliphatic carboxylic acids is 1. The molecule has 2 aromatic rings. The molecule has 0 atom stereocenters. The number of pyridine rings is 1. The van der Waals surface area contributed by atoms with Gasteiger partial charge in [0.15, 0.2) is 6.61 Å². The lowest BCUT2D eigenvalue weighted by molar-refractivity contribution is -0.154. The number of ether oxygens (including phenoxy) is 1. The first kappa shape index (κ1) is 20.7. The van der Waals surface area contributed by atoms with E-state index >= 15 is 0 Å². The van der Waals surface area contributed by atoms with Gasteiger partial charge in [-0.15, -0.1) is 0 Å². The summed E-state index contributed by atoms with van der Waals surface area (Å²) in [6.45, 7) is 0.483. The van der Waals surface area contributed by atoms with E-state index in [-0.39, 0.29) is 18.0 Å². The molecule has 1 aliphatic heterocycles. The maximum atomic E-state index is 12.6. The van der Waals surface area contributed by atoms with Gasteiger partial charge in [0.25, 0.3) is 0 Å². The highest BCUT2D eigenvalue weighted by Gasteiger charge is 2.29.